The molecule has 2 rings (SSSR count). The standard InChI is InChI=1S/C19H25N3O/c1-22(2)14-6-9-18(15-7-4-3-5-8-15)21-19(23)16-10-12-17(20)13-11-16/h3-5,7-8,10-13,18H,6,9,14,20H2,1-2H3,(H,21,23). The normalized spacial score (nSPS) is 12.1. The van der Waals surface area contributed by atoms with Crippen LogP contribution < -0.4 is 11.1 Å². The Labute approximate surface area is 138 Å². The molecule has 0 aliphatic carbocycles. The molecular formula is C19H25N3O. The Balaban J connectivity index is 2.07. The van der Waals surface area contributed by atoms with E-state index in [1.165, 1.54) is 0 Å². The molecule has 0 bridgehead atoms. The lowest BCUT2D eigenvalue weighted by Gasteiger charge is -2.20. The molecule has 0 radical (unpaired) electrons. The number of rotatable bonds is 7. The third-order valence-electron chi connectivity index (χ3n) is 3.78. The van der Waals surface area contributed by atoms with Gasteiger partial charge in [0.1, 0.15) is 0 Å². The minimum Gasteiger partial charge on any atom is -0.399 e. The van der Waals surface area contributed by atoms with Crippen LogP contribution in [0.5, 0.6) is 0 Å². The number of nitrogens with two attached hydrogens (primary N) is 1. The summed E-state index contributed by atoms with van der Waals surface area (Å²) in [6.45, 7) is 1.00. The van der Waals surface area contributed by atoms with E-state index in [1.807, 2.05) is 18.2 Å². The lowest BCUT2D eigenvalue weighted by Crippen LogP contribution is -2.29. The van der Waals surface area contributed by atoms with Gasteiger partial charge in [-0.3, -0.25) is 4.79 Å². The Morgan fingerprint density at radius 2 is 1.74 bits per heavy atom. The molecule has 2 aromatic carbocycles. The maximum Gasteiger partial charge on any atom is 0.251 e. The first kappa shape index (κ1) is 17.0. The summed E-state index contributed by atoms with van der Waals surface area (Å²) in [4.78, 5) is 14.6. The van der Waals surface area contributed by atoms with E-state index in [0.29, 0.717) is 11.3 Å². The van der Waals surface area contributed by atoms with E-state index in [-0.39, 0.29) is 11.9 Å². The maximum absolute atomic E-state index is 12.5. The third-order valence-corrected chi connectivity index (χ3v) is 3.78. The van der Waals surface area contributed by atoms with Crippen LogP contribution in [0.25, 0.3) is 0 Å². The number of hydrogen-bond donors (Lipinski definition) is 2. The van der Waals surface area contributed by atoms with Crippen molar-refractivity contribution in [2.75, 3.05) is 26.4 Å². The molecule has 1 amide bonds. The first-order valence-electron chi connectivity index (χ1n) is 7.92. The molecule has 0 aromatic heterocycles. The summed E-state index contributed by atoms with van der Waals surface area (Å²) in [6.07, 6.45) is 1.93. The van der Waals surface area contributed by atoms with Gasteiger partial charge in [0.25, 0.3) is 5.91 Å². The Kier molecular flexibility index (Phi) is 6.18. The highest BCUT2D eigenvalue weighted by atomic mass is 16.1. The van der Waals surface area contributed by atoms with Gasteiger partial charge in [-0.2, -0.15) is 0 Å². The molecule has 2 aromatic rings. The van der Waals surface area contributed by atoms with Crippen LogP contribution in [0.2, 0.25) is 0 Å². The number of carbonyl (C=O) groups excluding carboxylic acids is 1. The van der Waals surface area contributed by atoms with Crippen LogP contribution in [0.3, 0.4) is 0 Å². The quantitative estimate of drug-likeness (QED) is 0.773. The Bertz CT molecular complexity index is 608. The molecule has 1 atom stereocenters. The van der Waals surface area contributed by atoms with E-state index in [2.05, 4.69) is 36.4 Å². The van der Waals surface area contributed by atoms with Crippen LogP contribution in [0.4, 0.5) is 5.69 Å². The Morgan fingerprint density at radius 3 is 2.35 bits per heavy atom. The lowest BCUT2D eigenvalue weighted by atomic mass is 10.0. The second-order valence-corrected chi connectivity index (χ2v) is 6.00. The molecule has 0 saturated carbocycles. The van der Waals surface area contributed by atoms with Crippen molar-refractivity contribution in [1.29, 1.82) is 0 Å². The summed E-state index contributed by atoms with van der Waals surface area (Å²) in [5.74, 6) is -0.0660. The molecule has 0 saturated heterocycles. The Morgan fingerprint density at radius 1 is 1.09 bits per heavy atom. The van der Waals surface area contributed by atoms with Crippen molar-refractivity contribution < 1.29 is 4.79 Å². The summed E-state index contributed by atoms with van der Waals surface area (Å²) in [5, 5.41) is 3.14. The Hall–Kier alpha value is -2.33. The molecule has 0 aliphatic heterocycles. The van der Waals surface area contributed by atoms with E-state index >= 15 is 0 Å². The third kappa shape index (κ3) is 5.42. The lowest BCUT2D eigenvalue weighted by molar-refractivity contribution is 0.0933. The first-order chi connectivity index (χ1) is 11.1. The van der Waals surface area contributed by atoms with Crippen LogP contribution in [-0.2, 0) is 0 Å². The number of nitrogens with one attached hydrogen (secondary N) is 1. The fourth-order valence-electron chi connectivity index (χ4n) is 2.50. The molecule has 0 spiro atoms. The number of benzene rings is 2. The predicted octanol–water partition coefficient (Wildman–Crippen LogP) is 3.08. The number of hydrogen-bond acceptors (Lipinski definition) is 3. The van der Waals surface area contributed by atoms with Gasteiger partial charge in [-0.15, -0.1) is 0 Å². The van der Waals surface area contributed by atoms with E-state index in [1.54, 1.807) is 24.3 Å². The van der Waals surface area contributed by atoms with Crippen molar-refractivity contribution in [3.8, 4) is 0 Å². The van der Waals surface area contributed by atoms with Gasteiger partial charge in [0.05, 0.1) is 6.04 Å². The van der Waals surface area contributed by atoms with Crippen molar-refractivity contribution in [2.24, 2.45) is 0 Å². The number of nitrogens with zero attached hydrogens (tertiary/aromatic N) is 1. The van der Waals surface area contributed by atoms with Crippen molar-refractivity contribution in [3.05, 3.63) is 65.7 Å². The molecule has 4 nitrogen and oxygen atoms in total. The molecule has 1 unspecified atom stereocenters. The van der Waals surface area contributed by atoms with Crippen molar-refractivity contribution in [2.45, 2.75) is 18.9 Å². The van der Waals surface area contributed by atoms with Gasteiger partial charge in [0.2, 0.25) is 0 Å². The zero-order valence-corrected chi connectivity index (χ0v) is 13.8. The minimum atomic E-state index is -0.0660. The van der Waals surface area contributed by atoms with Gasteiger partial charge < -0.3 is 16.0 Å². The van der Waals surface area contributed by atoms with Crippen LogP contribution in [0.15, 0.2) is 54.6 Å². The summed E-state index contributed by atoms with van der Waals surface area (Å²) in [6, 6.07) is 17.1. The second kappa shape index (κ2) is 8.34. The summed E-state index contributed by atoms with van der Waals surface area (Å²) in [5.41, 5.74) is 8.10. The maximum atomic E-state index is 12.5. The highest BCUT2D eigenvalue weighted by molar-refractivity contribution is 5.94. The van der Waals surface area contributed by atoms with Crippen LogP contribution in [0.1, 0.15) is 34.8 Å². The molecule has 23 heavy (non-hydrogen) atoms. The molecular weight excluding hydrogens is 286 g/mol. The molecule has 0 heterocycles. The monoisotopic (exact) mass is 311 g/mol. The van der Waals surface area contributed by atoms with Crippen LogP contribution >= 0.6 is 0 Å². The van der Waals surface area contributed by atoms with Gasteiger partial charge in [-0.25, -0.2) is 0 Å². The van der Waals surface area contributed by atoms with E-state index in [4.69, 9.17) is 5.73 Å². The highest BCUT2D eigenvalue weighted by Crippen LogP contribution is 2.19. The van der Waals surface area contributed by atoms with E-state index < -0.39 is 0 Å². The van der Waals surface area contributed by atoms with Crippen LogP contribution in [0, 0.1) is 0 Å². The number of amides is 1. The number of carbonyl (C=O) groups is 1. The molecule has 122 valence electrons. The molecule has 0 fully saturated rings. The van der Waals surface area contributed by atoms with Crippen molar-refractivity contribution >= 4 is 11.6 Å². The summed E-state index contributed by atoms with van der Waals surface area (Å²) in [7, 11) is 4.12. The fourth-order valence-corrected chi connectivity index (χ4v) is 2.50. The van der Waals surface area contributed by atoms with Gasteiger partial charge in [-0.05, 0) is 63.3 Å². The predicted molar refractivity (Wildman–Crippen MR) is 95.3 cm³/mol. The zero-order chi connectivity index (χ0) is 16.7. The zero-order valence-electron chi connectivity index (χ0n) is 13.8. The number of anilines is 1. The first-order valence-corrected chi connectivity index (χ1v) is 7.92. The molecule has 3 N–H and O–H groups in total. The second-order valence-electron chi connectivity index (χ2n) is 6.00. The van der Waals surface area contributed by atoms with E-state index in [0.717, 1.165) is 24.9 Å². The van der Waals surface area contributed by atoms with Gasteiger partial charge >= 0.3 is 0 Å². The number of nitrogen functional groups attached to an aromatic ring is 1. The van der Waals surface area contributed by atoms with Gasteiger partial charge in [0, 0.05) is 11.3 Å². The summed E-state index contributed by atoms with van der Waals surface area (Å²) < 4.78 is 0. The van der Waals surface area contributed by atoms with Gasteiger partial charge in [-0.1, -0.05) is 30.3 Å². The molecule has 4 heteroatoms. The minimum absolute atomic E-state index is 0.0150. The van der Waals surface area contributed by atoms with Gasteiger partial charge in [0.15, 0.2) is 0 Å². The summed E-state index contributed by atoms with van der Waals surface area (Å²) >= 11 is 0. The van der Waals surface area contributed by atoms with E-state index in [9.17, 15) is 4.79 Å². The topological polar surface area (TPSA) is 58.4 Å². The largest absolute Gasteiger partial charge is 0.399 e. The smallest absolute Gasteiger partial charge is 0.251 e. The van der Waals surface area contributed by atoms with Crippen molar-refractivity contribution in [1.82, 2.24) is 10.2 Å². The molecule has 0 aliphatic rings. The average molecular weight is 311 g/mol. The average Bonchev–Trinajstić information content (AvgIpc) is 2.55. The van der Waals surface area contributed by atoms with Crippen molar-refractivity contribution in [3.63, 3.8) is 0 Å². The fraction of sp³-hybridized carbons (Fsp3) is 0.316. The highest BCUT2D eigenvalue weighted by Gasteiger charge is 2.15. The SMILES string of the molecule is CN(C)CCCC(NC(=O)c1ccc(N)cc1)c1ccccc1. The van der Waals surface area contributed by atoms with Crippen LogP contribution in [-0.4, -0.2) is 31.4 Å².